The van der Waals surface area contributed by atoms with Gasteiger partial charge in [-0.1, -0.05) is 6.08 Å². The van der Waals surface area contributed by atoms with Crippen LogP contribution in [0.4, 0.5) is 10.1 Å². The molecular formula is C23H25FN2O2. The molecule has 2 aliphatic heterocycles. The third kappa shape index (κ3) is 3.20. The Morgan fingerprint density at radius 3 is 2.57 bits per heavy atom. The maximum absolute atomic E-state index is 13.3. The van der Waals surface area contributed by atoms with Gasteiger partial charge in [-0.3, -0.25) is 9.69 Å². The zero-order valence-electron chi connectivity index (χ0n) is 16.2. The van der Waals surface area contributed by atoms with Crippen molar-refractivity contribution >= 4 is 11.6 Å². The van der Waals surface area contributed by atoms with Gasteiger partial charge in [0.05, 0.1) is 7.11 Å². The summed E-state index contributed by atoms with van der Waals surface area (Å²) in [5.41, 5.74) is 2.55. The highest BCUT2D eigenvalue weighted by molar-refractivity contribution is 6.07. The number of benzene rings is 2. The minimum absolute atomic E-state index is 0.0722. The summed E-state index contributed by atoms with van der Waals surface area (Å²) in [6.07, 6.45) is 3.90. The molecule has 1 spiro atoms. The van der Waals surface area contributed by atoms with E-state index >= 15 is 0 Å². The Hall–Kier alpha value is -2.66. The van der Waals surface area contributed by atoms with Gasteiger partial charge in [-0.15, -0.1) is 6.58 Å². The molecule has 0 atom stereocenters. The van der Waals surface area contributed by atoms with Crippen molar-refractivity contribution < 1.29 is 13.9 Å². The number of nitrogens with zero attached hydrogens (tertiary/aromatic N) is 2. The number of carbonyl (C=O) groups is 1. The van der Waals surface area contributed by atoms with Crippen molar-refractivity contribution in [2.24, 2.45) is 0 Å². The Labute approximate surface area is 165 Å². The maximum atomic E-state index is 13.3. The van der Waals surface area contributed by atoms with Gasteiger partial charge in [0.25, 0.3) is 5.91 Å². The number of piperidine rings is 1. The summed E-state index contributed by atoms with van der Waals surface area (Å²) in [4.78, 5) is 17.5. The van der Waals surface area contributed by atoms with Crippen LogP contribution >= 0.6 is 0 Å². The minimum atomic E-state index is -0.339. The first-order chi connectivity index (χ1) is 13.6. The number of carbonyl (C=O) groups excluding carboxylic acids is 1. The molecule has 0 N–H and O–H groups in total. The lowest BCUT2D eigenvalue weighted by Gasteiger charge is -2.39. The first-order valence-electron chi connectivity index (χ1n) is 9.65. The predicted molar refractivity (Wildman–Crippen MR) is 109 cm³/mol. The Balaban J connectivity index is 1.69. The van der Waals surface area contributed by atoms with Crippen molar-refractivity contribution in [3.63, 3.8) is 0 Å². The first kappa shape index (κ1) is 18.7. The monoisotopic (exact) mass is 380 g/mol. The fourth-order valence-electron chi connectivity index (χ4n) is 4.48. The topological polar surface area (TPSA) is 32.8 Å². The quantitative estimate of drug-likeness (QED) is 0.752. The van der Waals surface area contributed by atoms with Crippen LogP contribution in [-0.4, -0.2) is 44.1 Å². The van der Waals surface area contributed by atoms with Crippen molar-refractivity contribution in [3.05, 3.63) is 72.1 Å². The van der Waals surface area contributed by atoms with E-state index in [9.17, 15) is 9.18 Å². The van der Waals surface area contributed by atoms with Gasteiger partial charge in [-0.05, 0) is 74.0 Å². The summed E-state index contributed by atoms with van der Waals surface area (Å²) in [7, 11) is 1.66. The van der Waals surface area contributed by atoms with Crippen LogP contribution in [-0.2, 0) is 5.41 Å². The molecule has 0 unspecified atom stereocenters. The fraction of sp³-hybridized carbons (Fsp3) is 0.348. The predicted octanol–water partition coefficient (Wildman–Crippen LogP) is 4.01. The van der Waals surface area contributed by atoms with E-state index in [1.54, 1.807) is 19.2 Å². The highest BCUT2D eigenvalue weighted by Gasteiger charge is 2.46. The molecule has 146 valence electrons. The first-order valence-corrected chi connectivity index (χ1v) is 9.65. The summed E-state index contributed by atoms with van der Waals surface area (Å²) in [6, 6.07) is 11.7. The standard InChI is InChI=1S/C23H25FN2O2/c1-3-12-25-13-10-23(11-14-25)16-26(21-9-8-19(28-2)15-20(21)23)22(27)17-4-6-18(24)7-5-17/h3-9,15H,1,10-14,16H2,2H3. The van der Waals surface area contributed by atoms with E-state index in [1.165, 1.54) is 17.7 Å². The smallest absolute Gasteiger partial charge is 0.258 e. The van der Waals surface area contributed by atoms with Crippen molar-refractivity contribution in [3.8, 4) is 5.75 Å². The molecule has 1 saturated heterocycles. The highest BCUT2D eigenvalue weighted by atomic mass is 19.1. The van der Waals surface area contributed by atoms with Gasteiger partial charge >= 0.3 is 0 Å². The van der Waals surface area contributed by atoms with Gasteiger partial charge in [-0.2, -0.15) is 0 Å². The molecule has 5 heteroatoms. The number of ether oxygens (including phenoxy) is 1. The van der Waals surface area contributed by atoms with Crippen molar-refractivity contribution in [1.82, 2.24) is 4.90 Å². The van der Waals surface area contributed by atoms with Gasteiger partial charge in [-0.25, -0.2) is 4.39 Å². The number of rotatable bonds is 4. The van der Waals surface area contributed by atoms with Gasteiger partial charge in [0, 0.05) is 29.8 Å². The second-order valence-electron chi connectivity index (χ2n) is 7.65. The van der Waals surface area contributed by atoms with E-state index < -0.39 is 0 Å². The normalized spacial score (nSPS) is 18.1. The number of anilines is 1. The molecule has 2 aliphatic rings. The van der Waals surface area contributed by atoms with Crippen LogP contribution in [0, 0.1) is 5.82 Å². The van der Waals surface area contributed by atoms with Gasteiger partial charge < -0.3 is 9.64 Å². The molecule has 4 nitrogen and oxygen atoms in total. The SMILES string of the molecule is C=CCN1CCC2(CC1)CN(C(=O)c1ccc(F)cc1)c1ccc(OC)cc12. The molecule has 4 rings (SSSR count). The number of amides is 1. The highest BCUT2D eigenvalue weighted by Crippen LogP contribution is 2.48. The number of hydrogen-bond donors (Lipinski definition) is 0. The van der Waals surface area contributed by atoms with E-state index in [0.29, 0.717) is 12.1 Å². The molecule has 0 bridgehead atoms. The lowest BCUT2D eigenvalue weighted by Crippen LogP contribution is -2.46. The van der Waals surface area contributed by atoms with Gasteiger partial charge in [0.2, 0.25) is 0 Å². The third-order valence-corrected chi connectivity index (χ3v) is 6.06. The molecule has 0 radical (unpaired) electrons. The van der Waals surface area contributed by atoms with Crippen LogP contribution in [0.3, 0.4) is 0 Å². The zero-order valence-corrected chi connectivity index (χ0v) is 16.2. The van der Waals surface area contributed by atoms with Crippen LogP contribution in [0.1, 0.15) is 28.8 Å². The van der Waals surface area contributed by atoms with Crippen molar-refractivity contribution in [2.45, 2.75) is 18.3 Å². The fourth-order valence-corrected chi connectivity index (χ4v) is 4.48. The van der Waals surface area contributed by atoms with Gasteiger partial charge in [0.15, 0.2) is 0 Å². The lowest BCUT2D eigenvalue weighted by molar-refractivity contribution is 0.0977. The second-order valence-corrected chi connectivity index (χ2v) is 7.65. The summed E-state index contributed by atoms with van der Waals surface area (Å²) >= 11 is 0. The Morgan fingerprint density at radius 1 is 1.21 bits per heavy atom. The van der Waals surface area contributed by atoms with Crippen LogP contribution in [0.2, 0.25) is 0 Å². The number of hydrogen-bond acceptors (Lipinski definition) is 3. The van der Waals surface area contributed by atoms with E-state index in [-0.39, 0.29) is 17.1 Å². The summed E-state index contributed by atoms with van der Waals surface area (Å²) in [5, 5.41) is 0. The lowest BCUT2D eigenvalue weighted by atomic mass is 9.74. The average molecular weight is 380 g/mol. The van der Waals surface area contributed by atoms with E-state index in [2.05, 4.69) is 17.5 Å². The van der Waals surface area contributed by atoms with E-state index in [4.69, 9.17) is 4.74 Å². The van der Waals surface area contributed by atoms with Gasteiger partial charge in [0.1, 0.15) is 11.6 Å². The van der Waals surface area contributed by atoms with Crippen molar-refractivity contribution in [2.75, 3.05) is 38.2 Å². The minimum Gasteiger partial charge on any atom is -0.497 e. The number of halogens is 1. The maximum Gasteiger partial charge on any atom is 0.258 e. The molecule has 1 amide bonds. The zero-order chi connectivity index (χ0) is 19.7. The molecule has 0 aromatic heterocycles. The number of fused-ring (bicyclic) bond motifs is 2. The number of methoxy groups -OCH3 is 1. The van der Waals surface area contributed by atoms with Crippen LogP contribution in [0.25, 0.3) is 0 Å². The van der Waals surface area contributed by atoms with E-state index in [0.717, 1.165) is 43.9 Å². The Kier molecular flexibility index (Phi) is 4.94. The van der Waals surface area contributed by atoms with Crippen LogP contribution < -0.4 is 9.64 Å². The average Bonchev–Trinajstić information content (AvgIpc) is 3.03. The largest absolute Gasteiger partial charge is 0.497 e. The Bertz CT molecular complexity index is 886. The molecule has 1 fully saturated rings. The molecule has 0 saturated carbocycles. The van der Waals surface area contributed by atoms with Crippen molar-refractivity contribution in [1.29, 1.82) is 0 Å². The summed E-state index contributed by atoms with van der Waals surface area (Å²) in [6.45, 7) is 7.32. The van der Waals surface area contributed by atoms with Crippen LogP contribution in [0.15, 0.2) is 55.1 Å². The molecule has 2 aromatic carbocycles. The second kappa shape index (κ2) is 7.40. The molecule has 0 aliphatic carbocycles. The van der Waals surface area contributed by atoms with E-state index in [1.807, 2.05) is 23.1 Å². The molecule has 2 heterocycles. The summed E-state index contributed by atoms with van der Waals surface area (Å²) < 4.78 is 18.7. The molecule has 28 heavy (non-hydrogen) atoms. The van der Waals surface area contributed by atoms with Crippen LogP contribution in [0.5, 0.6) is 5.75 Å². The number of likely N-dealkylation sites (tertiary alicyclic amines) is 1. The summed E-state index contributed by atoms with van der Waals surface area (Å²) in [5.74, 6) is 0.383. The third-order valence-electron chi connectivity index (χ3n) is 6.06. The molecule has 2 aromatic rings. The molecular weight excluding hydrogens is 355 g/mol. The Morgan fingerprint density at radius 2 is 1.93 bits per heavy atom.